The first kappa shape index (κ1) is 19.5. The summed E-state index contributed by atoms with van der Waals surface area (Å²) in [6.45, 7) is 19.3. The molecule has 0 bridgehead atoms. The lowest BCUT2D eigenvalue weighted by molar-refractivity contribution is 0.271. The Labute approximate surface area is 138 Å². The van der Waals surface area contributed by atoms with Gasteiger partial charge in [-0.25, -0.2) is 0 Å². The lowest BCUT2D eigenvalue weighted by Crippen LogP contribution is -2.48. The Morgan fingerprint density at radius 1 is 0.909 bits per heavy atom. The van der Waals surface area contributed by atoms with Gasteiger partial charge in [-0.3, -0.25) is 9.88 Å². The topological polar surface area (TPSA) is 40.2 Å². The van der Waals surface area contributed by atoms with Gasteiger partial charge in [-0.2, -0.15) is 0 Å². The quantitative estimate of drug-likeness (QED) is 0.644. The van der Waals surface area contributed by atoms with Gasteiger partial charge in [0.1, 0.15) is 16.5 Å². The molecule has 1 rings (SSSR count). The summed E-state index contributed by atoms with van der Waals surface area (Å²) < 4.78 is 0. The molecular weight excluding hydrogens is 304 g/mol. The van der Waals surface area contributed by atoms with Gasteiger partial charge in [-0.05, 0) is 12.1 Å². The van der Waals surface area contributed by atoms with Crippen molar-refractivity contribution in [2.45, 2.75) is 45.8 Å². The summed E-state index contributed by atoms with van der Waals surface area (Å²) in [7, 11) is -2.36. The van der Waals surface area contributed by atoms with Crippen molar-refractivity contribution in [3.63, 3.8) is 0 Å². The second-order valence-corrected chi connectivity index (χ2v) is 17.7. The molecule has 1 aromatic heterocycles. The molecule has 0 aliphatic carbocycles. The molecule has 0 atom stereocenters. The van der Waals surface area contributed by atoms with Crippen LogP contribution in [0.2, 0.25) is 39.3 Å². The fourth-order valence-corrected chi connectivity index (χ4v) is 3.89. The highest BCUT2D eigenvalue weighted by Crippen LogP contribution is 2.02. The third kappa shape index (κ3) is 10.2. The second-order valence-electron chi connectivity index (χ2n) is 7.95. The third-order valence-corrected chi connectivity index (χ3v) is 5.90. The van der Waals surface area contributed by atoms with Crippen LogP contribution in [0.4, 0.5) is 0 Å². The molecule has 0 saturated carbocycles. The lowest BCUT2D eigenvalue weighted by atomic mass is 10.3. The van der Waals surface area contributed by atoms with E-state index < -0.39 is 16.5 Å². The minimum absolute atomic E-state index is 0.932. The van der Waals surface area contributed by atoms with Crippen molar-refractivity contribution in [2.24, 2.45) is 0 Å². The Balaban J connectivity index is 2.49. The van der Waals surface area contributed by atoms with Crippen LogP contribution in [0.15, 0.2) is 24.4 Å². The Morgan fingerprint density at radius 3 is 1.86 bits per heavy atom. The van der Waals surface area contributed by atoms with Gasteiger partial charge in [-0.1, -0.05) is 45.3 Å². The molecule has 0 radical (unpaired) electrons. The average Bonchev–Trinajstić information content (AvgIpc) is 2.36. The molecule has 0 fully saturated rings. The van der Waals surface area contributed by atoms with E-state index in [9.17, 15) is 0 Å². The summed E-state index contributed by atoms with van der Waals surface area (Å²) in [6, 6.07) is 6.17. The fraction of sp³-hybridized carbons (Fsp3) is 0.688. The first-order valence-corrected chi connectivity index (χ1v) is 15.3. The summed E-state index contributed by atoms with van der Waals surface area (Å²) in [5, 5.41) is 0. The van der Waals surface area contributed by atoms with Gasteiger partial charge in [0.25, 0.3) is 0 Å². The van der Waals surface area contributed by atoms with Crippen molar-refractivity contribution in [1.82, 2.24) is 19.8 Å². The SMILES string of the molecule is C[Si](C)(C)NCCN(CCN[Si](C)(C)C)Cc1ccccn1. The minimum atomic E-state index is -1.18. The van der Waals surface area contributed by atoms with E-state index in [0.29, 0.717) is 0 Å². The van der Waals surface area contributed by atoms with E-state index in [0.717, 1.165) is 38.4 Å². The molecule has 0 aromatic carbocycles. The predicted molar refractivity (Wildman–Crippen MR) is 102 cm³/mol. The predicted octanol–water partition coefficient (Wildman–Crippen LogP) is 2.73. The Morgan fingerprint density at radius 2 is 1.45 bits per heavy atom. The Hall–Kier alpha value is -0.536. The van der Waals surface area contributed by atoms with Crippen molar-refractivity contribution >= 4 is 16.5 Å². The van der Waals surface area contributed by atoms with E-state index in [2.05, 4.69) is 71.3 Å². The second kappa shape index (κ2) is 8.93. The monoisotopic (exact) mass is 338 g/mol. The molecule has 6 heteroatoms. The first-order valence-electron chi connectivity index (χ1n) is 8.28. The molecule has 126 valence electrons. The average molecular weight is 339 g/mol. The van der Waals surface area contributed by atoms with E-state index in [1.165, 1.54) is 0 Å². The normalized spacial score (nSPS) is 12.9. The first-order chi connectivity index (χ1) is 10.2. The van der Waals surface area contributed by atoms with Gasteiger partial charge in [-0.15, -0.1) is 0 Å². The van der Waals surface area contributed by atoms with E-state index in [1.807, 2.05) is 12.3 Å². The molecule has 2 N–H and O–H groups in total. The molecule has 0 amide bonds. The van der Waals surface area contributed by atoms with Gasteiger partial charge in [0.2, 0.25) is 0 Å². The minimum Gasteiger partial charge on any atom is -0.336 e. The van der Waals surface area contributed by atoms with Crippen molar-refractivity contribution in [3.8, 4) is 0 Å². The molecule has 1 aromatic rings. The molecule has 0 aliphatic rings. The van der Waals surface area contributed by atoms with Crippen LogP contribution in [0, 0.1) is 0 Å². The van der Waals surface area contributed by atoms with Crippen LogP contribution in [0.1, 0.15) is 5.69 Å². The number of nitrogens with zero attached hydrogens (tertiary/aromatic N) is 2. The zero-order valence-electron chi connectivity index (χ0n) is 15.2. The molecule has 0 spiro atoms. The number of nitrogens with one attached hydrogen (secondary N) is 2. The van der Waals surface area contributed by atoms with Crippen LogP contribution in [-0.2, 0) is 6.54 Å². The standard InChI is InChI=1S/C16H34N4Si2/c1-21(2,3)18-11-13-20(14-12-19-22(4,5)6)15-16-9-7-8-10-17-16/h7-10,18-19H,11-15H2,1-6H3. The molecule has 4 nitrogen and oxygen atoms in total. The summed E-state index contributed by atoms with van der Waals surface area (Å²) in [6.07, 6.45) is 1.88. The van der Waals surface area contributed by atoms with Crippen LogP contribution in [0.5, 0.6) is 0 Å². The molecule has 0 unspecified atom stereocenters. The summed E-state index contributed by atoms with van der Waals surface area (Å²) in [4.78, 5) is 14.4. The van der Waals surface area contributed by atoms with Gasteiger partial charge in [0.15, 0.2) is 0 Å². The van der Waals surface area contributed by atoms with Crippen LogP contribution < -0.4 is 9.96 Å². The van der Waals surface area contributed by atoms with Gasteiger partial charge in [0.05, 0.1) is 5.69 Å². The molecular formula is C16H34N4Si2. The summed E-state index contributed by atoms with van der Waals surface area (Å²) >= 11 is 0. The molecule has 0 saturated heterocycles. The lowest BCUT2D eigenvalue weighted by Gasteiger charge is -2.27. The zero-order valence-corrected chi connectivity index (χ0v) is 17.2. The van der Waals surface area contributed by atoms with Crippen LogP contribution >= 0.6 is 0 Å². The maximum atomic E-state index is 4.47. The summed E-state index contributed by atoms with van der Waals surface area (Å²) in [5.41, 5.74) is 1.16. The van der Waals surface area contributed by atoms with Gasteiger partial charge in [0, 0.05) is 38.9 Å². The van der Waals surface area contributed by atoms with Crippen LogP contribution in [0.3, 0.4) is 0 Å². The fourth-order valence-electron chi connectivity index (χ4n) is 2.17. The maximum absolute atomic E-state index is 4.47. The van der Waals surface area contributed by atoms with Crippen molar-refractivity contribution in [3.05, 3.63) is 30.1 Å². The summed E-state index contributed by atoms with van der Waals surface area (Å²) in [5.74, 6) is 0. The van der Waals surface area contributed by atoms with Gasteiger partial charge < -0.3 is 9.96 Å². The molecule has 0 aliphatic heterocycles. The van der Waals surface area contributed by atoms with Crippen LogP contribution in [0.25, 0.3) is 0 Å². The molecule has 1 heterocycles. The number of aromatic nitrogens is 1. The van der Waals surface area contributed by atoms with Crippen LogP contribution in [-0.4, -0.2) is 52.5 Å². The number of rotatable bonds is 10. The van der Waals surface area contributed by atoms with E-state index in [4.69, 9.17) is 0 Å². The van der Waals surface area contributed by atoms with Crippen molar-refractivity contribution in [2.75, 3.05) is 26.2 Å². The Kier molecular flexibility index (Phi) is 7.92. The number of hydrogen-bond donors (Lipinski definition) is 2. The number of hydrogen-bond acceptors (Lipinski definition) is 4. The maximum Gasteiger partial charge on any atom is 0.116 e. The Bertz CT molecular complexity index is 392. The van der Waals surface area contributed by atoms with E-state index in [-0.39, 0.29) is 0 Å². The highest BCUT2D eigenvalue weighted by Gasteiger charge is 2.15. The van der Waals surface area contributed by atoms with Gasteiger partial charge >= 0.3 is 0 Å². The molecule has 22 heavy (non-hydrogen) atoms. The highest BCUT2D eigenvalue weighted by atomic mass is 28.3. The smallest absolute Gasteiger partial charge is 0.116 e. The van der Waals surface area contributed by atoms with Crippen molar-refractivity contribution in [1.29, 1.82) is 0 Å². The van der Waals surface area contributed by atoms with E-state index in [1.54, 1.807) is 0 Å². The number of pyridine rings is 1. The zero-order chi connectivity index (χ0) is 16.6. The van der Waals surface area contributed by atoms with Crippen molar-refractivity contribution < 1.29 is 0 Å². The third-order valence-electron chi connectivity index (χ3n) is 3.28. The largest absolute Gasteiger partial charge is 0.336 e. The highest BCUT2D eigenvalue weighted by molar-refractivity contribution is 6.73. The van der Waals surface area contributed by atoms with E-state index >= 15 is 0 Å².